The summed E-state index contributed by atoms with van der Waals surface area (Å²) in [5, 5.41) is 6.54. The molecule has 1 aliphatic rings. The molecule has 3 nitrogen and oxygen atoms in total. The molecule has 0 amide bonds. The number of hydrogen-bond donors (Lipinski definition) is 1. The molecular weight excluding hydrogens is 597 g/mol. The normalized spacial score (nSPS) is 13.5. The van der Waals surface area contributed by atoms with Gasteiger partial charge in [0.2, 0.25) is 0 Å². The SMILES string of the molecule is CC(=Nc1c(N)c2ccc(-c3ccccc3)cc2c2cc(C3=CCCC=C3)ccc12)c1ccccc1-c1cccc2c1oc1ccccc12. The van der Waals surface area contributed by atoms with Crippen LogP contribution in [-0.4, -0.2) is 5.71 Å². The van der Waals surface area contributed by atoms with Gasteiger partial charge in [-0.2, -0.15) is 0 Å². The summed E-state index contributed by atoms with van der Waals surface area (Å²) in [6, 6.07) is 46.9. The monoisotopic (exact) mass is 630 g/mol. The molecule has 234 valence electrons. The first-order valence-electron chi connectivity index (χ1n) is 16.9. The van der Waals surface area contributed by atoms with Crippen molar-refractivity contribution in [3.8, 4) is 22.3 Å². The quantitative estimate of drug-likeness (QED) is 0.117. The Balaban J connectivity index is 1.25. The number of fused-ring (bicyclic) bond motifs is 6. The molecule has 0 saturated heterocycles. The van der Waals surface area contributed by atoms with Crippen molar-refractivity contribution in [3.63, 3.8) is 0 Å². The van der Waals surface area contributed by atoms with Crippen LogP contribution in [0.4, 0.5) is 11.4 Å². The molecule has 1 aromatic heterocycles. The lowest BCUT2D eigenvalue weighted by Gasteiger charge is -2.17. The number of benzene rings is 7. The largest absolute Gasteiger partial charge is 0.455 e. The zero-order valence-electron chi connectivity index (χ0n) is 27.3. The Labute approximate surface area is 285 Å². The lowest BCUT2D eigenvalue weighted by Crippen LogP contribution is -1.99. The third-order valence-electron chi connectivity index (χ3n) is 9.86. The Morgan fingerprint density at radius 1 is 0.592 bits per heavy atom. The Bertz CT molecular complexity index is 2670. The van der Waals surface area contributed by atoms with Crippen LogP contribution in [0.3, 0.4) is 0 Å². The van der Waals surface area contributed by atoms with Crippen LogP contribution in [0.15, 0.2) is 161 Å². The third-order valence-corrected chi connectivity index (χ3v) is 9.86. The summed E-state index contributed by atoms with van der Waals surface area (Å²) in [6.07, 6.45) is 8.97. The smallest absolute Gasteiger partial charge is 0.143 e. The van der Waals surface area contributed by atoms with Gasteiger partial charge in [0.05, 0.1) is 11.4 Å². The number of nitrogens with two attached hydrogens (primary N) is 1. The predicted molar refractivity (Wildman–Crippen MR) is 209 cm³/mol. The maximum atomic E-state index is 7.10. The minimum Gasteiger partial charge on any atom is -0.455 e. The van der Waals surface area contributed by atoms with E-state index >= 15 is 0 Å². The number of rotatable bonds is 5. The number of anilines is 1. The van der Waals surface area contributed by atoms with E-state index in [0.717, 1.165) is 90.0 Å². The Kier molecular flexibility index (Phi) is 6.98. The van der Waals surface area contributed by atoms with Gasteiger partial charge < -0.3 is 10.2 Å². The van der Waals surface area contributed by atoms with E-state index in [1.54, 1.807) is 0 Å². The van der Waals surface area contributed by atoms with Gasteiger partial charge >= 0.3 is 0 Å². The molecule has 0 spiro atoms. The van der Waals surface area contributed by atoms with E-state index in [-0.39, 0.29) is 0 Å². The van der Waals surface area contributed by atoms with Gasteiger partial charge in [0.25, 0.3) is 0 Å². The van der Waals surface area contributed by atoms with Gasteiger partial charge in [-0.25, -0.2) is 0 Å². The molecule has 8 aromatic rings. The number of nitrogen functional groups attached to an aromatic ring is 1. The van der Waals surface area contributed by atoms with Crippen molar-refractivity contribution in [2.45, 2.75) is 19.8 Å². The first-order chi connectivity index (χ1) is 24.1. The number of aliphatic imine (C=N–C) groups is 1. The highest BCUT2D eigenvalue weighted by Gasteiger charge is 2.18. The topological polar surface area (TPSA) is 51.5 Å². The van der Waals surface area contributed by atoms with Gasteiger partial charge in [-0.3, -0.25) is 4.99 Å². The molecule has 2 N–H and O–H groups in total. The maximum Gasteiger partial charge on any atom is 0.143 e. The fourth-order valence-corrected chi connectivity index (χ4v) is 7.41. The van der Waals surface area contributed by atoms with E-state index in [9.17, 15) is 0 Å². The number of allylic oxidation sites excluding steroid dienone is 4. The first-order valence-corrected chi connectivity index (χ1v) is 16.9. The average molecular weight is 631 g/mol. The van der Waals surface area contributed by atoms with Crippen LogP contribution < -0.4 is 5.73 Å². The molecule has 1 heterocycles. The van der Waals surface area contributed by atoms with Gasteiger partial charge in [-0.05, 0) is 76.6 Å². The minimum atomic E-state index is 0.683. The van der Waals surface area contributed by atoms with Gasteiger partial charge in [0.15, 0.2) is 0 Å². The summed E-state index contributed by atoms with van der Waals surface area (Å²) in [7, 11) is 0. The van der Waals surface area contributed by atoms with E-state index < -0.39 is 0 Å². The number of hydrogen-bond acceptors (Lipinski definition) is 3. The molecular formula is C46H34N2O. The van der Waals surface area contributed by atoms with E-state index in [2.05, 4.69) is 146 Å². The lowest BCUT2D eigenvalue weighted by molar-refractivity contribution is 0.670. The van der Waals surface area contributed by atoms with Crippen LogP contribution in [0.5, 0.6) is 0 Å². The van der Waals surface area contributed by atoms with Crippen molar-refractivity contribution in [1.82, 2.24) is 0 Å². The van der Waals surface area contributed by atoms with E-state index in [1.165, 1.54) is 16.7 Å². The zero-order valence-corrected chi connectivity index (χ0v) is 27.3. The second-order valence-electron chi connectivity index (χ2n) is 12.8. The average Bonchev–Trinajstić information content (AvgIpc) is 3.56. The van der Waals surface area contributed by atoms with Crippen molar-refractivity contribution in [1.29, 1.82) is 0 Å². The highest BCUT2D eigenvalue weighted by atomic mass is 16.3. The summed E-state index contributed by atoms with van der Waals surface area (Å²) in [6.45, 7) is 2.08. The predicted octanol–water partition coefficient (Wildman–Crippen LogP) is 12.7. The Hall–Kier alpha value is -6.19. The van der Waals surface area contributed by atoms with Crippen LogP contribution in [0.25, 0.3) is 71.3 Å². The van der Waals surface area contributed by atoms with Crippen molar-refractivity contribution in [2.75, 3.05) is 5.73 Å². The summed E-state index contributed by atoms with van der Waals surface area (Å²) < 4.78 is 6.45. The third kappa shape index (κ3) is 4.94. The molecule has 0 fully saturated rings. The van der Waals surface area contributed by atoms with Gasteiger partial charge in [0.1, 0.15) is 11.2 Å². The standard InChI is InChI=1S/C46H34N2O/c1-29(34-17-8-9-18-35(34)39-20-12-21-40-36-19-10-11-22-43(36)49-46(39)40)48-45-38-26-24-33(31-15-6-3-7-16-31)28-42(38)41-27-32(23-25-37(41)44(45)47)30-13-4-2-5-14-30/h2,4-6,8-28H,3,7,47H2,1H3. The fraction of sp³-hybridized carbons (Fsp3) is 0.0652. The van der Waals surface area contributed by atoms with E-state index in [4.69, 9.17) is 15.1 Å². The molecule has 7 aromatic carbocycles. The van der Waals surface area contributed by atoms with Gasteiger partial charge in [-0.15, -0.1) is 0 Å². The van der Waals surface area contributed by atoms with E-state index in [1.807, 2.05) is 12.1 Å². The molecule has 9 rings (SSSR count). The summed E-state index contributed by atoms with van der Waals surface area (Å²) in [5.41, 5.74) is 19.2. The number of nitrogens with zero attached hydrogens (tertiary/aromatic N) is 1. The maximum absolute atomic E-state index is 7.10. The minimum absolute atomic E-state index is 0.683. The molecule has 0 aliphatic heterocycles. The van der Waals surface area contributed by atoms with Gasteiger partial charge in [0, 0.05) is 38.4 Å². The molecule has 0 unspecified atom stereocenters. The van der Waals surface area contributed by atoms with Crippen LogP contribution in [0, 0.1) is 0 Å². The zero-order chi connectivity index (χ0) is 32.9. The molecule has 49 heavy (non-hydrogen) atoms. The van der Waals surface area contributed by atoms with Crippen LogP contribution in [0.1, 0.15) is 30.9 Å². The van der Waals surface area contributed by atoms with Crippen molar-refractivity contribution >= 4 is 66.1 Å². The number of furan rings is 1. The molecule has 0 bridgehead atoms. The lowest BCUT2D eigenvalue weighted by atomic mass is 9.91. The second kappa shape index (κ2) is 11.8. The molecule has 0 saturated carbocycles. The van der Waals surface area contributed by atoms with Crippen LogP contribution in [-0.2, 0) is 0 Å². The molecule has 0 radical (unpaired) electrons. The molecule has 3 heteroatoms. The van der Waals surface area contributed by atoms with Crippen molar-refractivity contribution in [2.24, 2.45) is 4.99 Å². The molecule has 1 aliphatic carbocycles. The Morgan fingerprint density at radius 2 is 1.31 bits per heavy atom. The fourth-order valence-electron chi connectivity index (χ4n) is 7.41. The molecule has 0 atom stereocenters. The second-order valence-corrected chi connectivity index (χ2v) is 12.8. The summed E-state index contributed by atoms with van der Waals surface area (Å²) in [5.74, 6) is 0. The number of para-hydroxylation sites is 2. The Morgan fingerprint density at radius 3 is 2.18 bits per heavy atom. The van der Waals surface area contributed by atoms with Gasteiger partial charge in [-0.1, -0.05) is 133 Å². The highest BCUT2D eigenvalue weighted by molar-refractivity contribution is 6.22. The van der Waals surface area contributed by atoms with Crippen molar-refractivity contribution in [3.05, 3.63) is 163 Å². The summed E-state index contributed by atoms with van der Waals surface area (Å²) in [4.78, 5) is 5.37. The highest BCUT2D eigenvalue weighted by Crippen LogP contribution is 2.44. The van der Waals surface area contributed by atoms with E-state index in [0.29, 0.717) is 5.69 Å². The van der Waals surface area contributed by atoms with Crippen LogP contribution >= 0.6 is 0 Å². The van der Waals surface area contributed by atoms with Crippen molar-refractivity contribution < 1.29 is 4.42 Å². The first kappa shape index (κ1) is 29.0. The summed E-state index contributed by atoms with van der Waals surface area (Å²) >= 11 is 0. The van der Waals surface area contributed by atoms with Crippen LogP contribution in [0.2, 0.25) is 0 Å².